The van der Waals surface area contributed by atoms with Crippen LogP contribution in [0.1, 0.15) is 39.1 Å². The zero-order chi connectivity index (χ0) is 18.8. The molecule has 1 atom stereocenters. The summed E-state index contributed by atoms with van der Waals surface area (Å²) in [6.45, 7) is -0.141. The molecule has 3 rings (SSSR count). The number of carboxylic acid groups (broad SMARTS) is 1. The lowest BCUT2D eigenvalue weighted by molar-refractivity contribution is -0.136. The fraction of sp³-hybridized carbons (Fsp3) is 0.235. The summed E-state index contributed by atoms with van der Waals surface area (Å²) in [5, 5.41) is 12.7. The molecule has 0 radical (unpaired) electrons. The molecule has 1 fully saturated rings. The Morgan fingerprint density at radius 1 is 1.27 bits per heavy atom. The van der Waals surface area contributed by atoms with Crippen LogP contribution in [0.2, 0.25) is 0 Å². The molecule has 2 heterocycles. The van der Waals surface area contributed by atoms with Gasteiger partial charge in [0, 0.05) is 12.0 Å². The van der Waals surface area contributed by atoms with Gasteiger partial charge in [-0.1, -0.05) is 17.9 Å². The van der Waals surface area contributed by atoms with E-state index in [4.69, 9.17) is 5.11 Å². The Morgan fingerprint density at radius 2 is 2.04 bits per heavy atom. The highest BCUT2D eigenvalue weighted by Gasteiger charge is 2.45. The van der Waals surface area contributed by atoms with Crippen LogP contribution in [0.25, 0.3) is 0 Å². The molecule has 1 aromatic rings. The number of amides is 5. The van der Waals surface area contributed by atoms with Gasteiger partial charge in [-0.2, -0.15) is 0 Å². The van der Waals surface area contributed by atoms with Gasteiger partial charge in [-0.25, -0.2) is 4.79 Å². The Bertz CT molecular complexity index is 911. The van der Waals surface area contributed by atoms with Crippen molar-refractivity contribution in [1.29, 1.82) is 0 Å². The van der Waals surface area contributed by atoms with Gasteiger partial charge in [0.25, 0.3) is 11.8 Å². The third kappa shape index (κ3) is 3.00. The maximum Gasteiger partial charge on any atom is 0.405 e. The normalized spacial score (nSPS) is 18.8. The number of imide groups is 2. The maximum atomic E-state index is 12.8. The molecule has 2 aliphatic heterocycles. The van der Waals surface area contributed by atoms with Crippen molar-refractivity contribution in [2.75, 3.05) is 6.54 Å². The van der Waals surface area contributed by atoms with E-state index in [-0.39, 0.29) is 36.1 Å². The molecule has 0 spiro atoms. The van der Waals surface area contributed by atoms with Crippen LogP contribution in [-0.2, 0) is 9.59 Å². The van der Waals surface area contributed by atoms with Crippen molar-refractivity contribution in [3.63, 3.8) is 0 Å². The number of nitrogens with zero attached hydrogens (tertiary/aromatic N) is 1. The minimum atomic E-state index is -1.23. The first-order chi connectivity index (χ1) is 12.4. The smallest absolute Gasteiger partial charge is 0.405 e. The van der Waals surface area contributed by atoms with Crippen molar-refractivity contribution in [2.24, 2.45) is 0 Å². The third-order valence-electron chi connectivity index (χ3n) is 4.02. The monoisotopic (exact) mass is 355 g/mol. The second kappa shape index (κ2) is 6.68. The molecule has 3 N–H and O–H groups in total. The second-order valence-corrected chi connectivity index (χ2v) is 5.64. The Hall–Kier alpha value is -3.67. The lowest BCUT2D eigenvalue weighted by Gasteiger charge is -2.27. The van der Waals surface area contributed by atoms with Crippen LogP contribution in [0.5, 0.6) is 0 Å². The molecular weight excluding hydrogens is 342 g/mol. The molecule has 1 saturated heterocycles. The van der Waals surface area contributed by atoms with Gasteiger partial charge in [0.15, 0.2) is 0 Å². The number of carbonyl (C=O) groups excluding carboxylic acids is 4. The summed E-state index contributed by atoms with van der Waals surface area (Å²) in [5.41, 5.74) is 0.463. The molecule has 9 nitrogen and oxygen atoms in total. The van der Waals surface area contributed by atoms with E-state index in [0.717, 1.165) is 4.90 Å². The van der Waals surface area contributed by atoms with Crippen molar-refractivity contribution in [1.82, 2.24) is 15.5 Å². The Balaban J connectivity index is 1.90. The highest BCUT2D eigenvalue weighted by Crippen LogP contribution is 2.29. The van der Waals surface area contributed by atoms with Crippen LogP contribution in [-0.4, -0.2) is 52.3 Å². The molecule has 9 heteroatoms. The topological polar surface area (TPSA) is 133 Å². The van der Waals surface area contributed by atoms with Crippen LogP contribution in [0.15, 0.2) is 18.2 Å². The number of benzene rings is 1. The molecule has 0 aromatic heterocycles. The summed E-state index contributed by atoms with van der Waals surface area (Å²) in [4.78, 5) is 59.9. The van der Waals surface area contributed by atoms with Gasteiger partial charge in [0.2, 0.25) is 11.8 Å². The van der Waals surface area contributed by atoms with E-state index in [1.807, 2.05) is 0 Å². The fourth-order valence-corrected chi connectivity index (χ4v) is 2.88. The molecule has 1 aromatic carbocycles. The predicted molar refractivity (Wildman–Crippen MR) is 86.0 cm³/mol. The van der Waals surface area contributed by atoms with Gasteiger partial charge >= 0.3 is 6.09 Å². The zero-order valence-corrected chi connectivity index (χ0v) is 13.4. The maximum absolute atomic E-state index is 12.8. The van der Waals surface area contributed by atoms with E-state index in [0.29, 0.717) is 0 Å². The van der Waals surface area contributed by atoms with Crippen LogP contribution in [0.4, 0.5) is 4.79 Å². The van der Waals surface area contributed by atoms with Gasteiger partial charge in [0.05, 0.1) is 17.7 Å². The summed E-state index contributed by atoms with van der Waals surface area (Å²) in [5.74, 6) is 2.82. The Labute approximate surface area is 147 Å². The van der Waals surface area contributed by atoms with Crippen LogP contribution < -0.4 is 10.6 Å². The quantitative estimate of drug-likeness (QED) is 0.493. The van der Waals surface area contributed by atoms with E-state index in [1.165, 1.54) is 12.1 Å². The van der Waals surface area contributed by atoms with Crippen molar-refractivity contribution >= 4 is 29.7 Å². The Kier molecular flexibility index (Phi) is 4.41. The van der Waals surface area contributed by atoms with Gasteiger partial charge in [-0.15, -0.1) is 0 Å². The lowest BCUT2D eigenvalue weighted by atomic mass is 10.0. The lowest BCUT2D eigenvalue weighted by Crippen LogP contribution is -2.54. The second-order valence-electron chi connectivity index (χ2n) is 5.64. The molecule has 5 amide bonds. The molecule has 2 aliphatic rings. The fourth-order valence-electron chi connectivity index (χ4n) is 2.88. The first kappa shape index (κ1) is 17.2. The van der Waals surface area contributed by atoms with Gasteiger partial charge in [0.1, 0.15) is 6.04 Å². The molecular formula is C17H13N3O6. The van der Waals surface area contributed by atoms with E-state index >= 15 is 0 Å². The van der Waals surface area contributed by atoms with Crippen molar-refractivity contribution in [3.05, 3.63) is 34.9 Å². The molecule has 0 saturated carbocycles. The van der Waals surface area contributed by atoms with Gasteiger partial charge in [-0.05, 0) is 18.6 Å². The number of nitrogens with one attached hydrogen (secondary N) is 2. The summed E-state index contributed by atoms with van der Waals surface area (Å²) in [7, 11) is 0. The number of carbonyl (C=O) groups is 5. The summed E-state index contributed by atoms with van der Waals surface area (Å²) in [6, 6.07) is 3.50. The predicted octanol–water partition coefficient (Wildman–Crippen LogP) is -0.293. The van der Waals surface area contributed by atoms with Crippen LogP contribution >= 0.6 is 0 Å². The number of piperidine rings is 1. The first-order valence-electron chi connectivity index (χ1n) is 7.70. The molecule has 132 valence electrons. The van der Waals surface area contributed by atoms with Gasteiger partial charge < -0.3 is 10.4 Å². The van der Waals surface area contributed by atoms with Crippen molar-refractivity contribution < 1.29 is 29.1 Å². The highest BCUT2D eigenvalue weighted by atomic mass is 16.4. The van der Waals surface area contributed by atoms with Crippen LogP contribution in [0, 0.1) is 11.8 Å². The van der Waals surface area contributed by atoms with Crippen molar-refractivity contribution in [3.8, 4) is 11.8 Å². The standard InChI is InChI=1S/C17H13N3O6/c21-12-7-6-11(14(22)19-12)20-15(23)10-5-1-3-9(13(10)16(20)24)4-2-8-18-17(25)26/h1,3,5,11,18H,6-8H2,(H,25,26)(H,19,21,22). The van der Waals surface area contributed by atoms with Crippen LogP contribution in [0.3, 0.4) is 0 Å². The molecule has 26 heavy (non-hydrogen) atoms. The van der Waals surface area contributed by atoms with E-state index in [1.54, 1.807) is 6.07 Å². The zero-order valence-electron chi connectivity index (χ0n) is 13.4. The highest BCUT2D eigenvalue weighted by molar-refractivity contribution is 6.24. The number of fused-ring (bicyclic) bond motifs is 1. The van der Waals surface area contributed by atoms with E-state index < -0.39 is 35.8 Å². The summed E-state index contributed by atoms with van der Waals surface area (Å²) in [6.07, 6.45) is -1.12. The SMILES string of the molecule is O=C(O)NCC#Cc1cccc2c1C(=O)N(C1CCC(=O)NC1=O)C2=O. The summed E-state index contributed by atoms with van der Waals surface area (Å²) >= 11 is 0. The van der Waals surface area contributed by atoms with E-state index in [2.05, 4.69) is 22.5 Å². The minimum Gasteiger partial charge on any atom is -0.465 e. The van der Waals surface area contributed by atoms with E-state index in [9.17, 15) is 24.0 Å². The molecule has 1 unspecified atom stereocenters. The average molecular weight is 355 g/mol. The molecule has 0 aliphatic carbocycles. The molecule has 0 bridgehead atoms. The number of hydrogen-bond acceptors (Lipinski definition) is 5. The number of rotatable bonds is 2. The van der Waals surface area contributed by atoms with Crippen molar-refractivity contribution in [2.45, 2.75) is 18.9 Å². The number of hydrogen-bond donors (Lipinski definition) is 3. The largest absolute Gasteiger partial charge is 0.465 e. The minimum absolute atomic E-state index is 0.0390. The first-order valence-corrected chi connectivity index (χ1v) is 7.70. The average Bonchev–Trinajstić information content (AvgIpc) is 2.84. The van der Waals surface area contributed by atoms with Gasteiger partial charge in [-0.3, -0.25) is 29.4 Å². The Morgan fingerprint density at radius 3 is 2.73 bits per heavy atom. The third-order valence-corrected chi connectivity index (χ3v) is 4.02. The summed E-state index contributed by atoms with van der Waals surface area (Å²) < 4.78 is 0.